The standard InChI is InChI=1S/C22H34N6O4/c1-13-9-22(5,32-25-13)12-23-19(30)17-8-15(29)10-27(17)20(31)18(21(2,3)4)28-11-16(24-26-28)14-6-7-14/h11,14-15,17-18,29H,6-10,12H2,1-5H3,(H,23,30)/t15-,17+,18-,22?/m0/s1. The lowest BCUT2D eigenvalue weighted by atomic mass is 9.85. The highest BCUT2D eigenvalue weighted by Gasteiger charge is 2.46. The zero-order valence-electron chi connectivity index (χ0n) is 19.5. The first-order valence-electron chi connectivity index (χ1n) is 11.4. The highest BCUT2D eigenvalue weighted by Crippen LogP contribution is 2.40. The van der Waals surface area contributed by atoms with Crippen LogP contribution in [0.25, 0.3) is 0 Å². The number of amides is 2. The monoisotopic (exact) mass is 446 g/mol. The van der Waals surface area contributed by atoms with Gasteiger partial charge in [-0.1, -0.05) is 31.1 Å². The molecule has 176 valence electrons. The maximum atomic E-state index is 13.7. The lowest BCUT2D eigenvalue weighted by Crippen LogP contribution is -2.52. The Balaban J connectivity index is 1.49. The average molecular weight is 447 g/mol. The second kappa shape index (κ2) is 8.13. The summed E-state index contributed by atoms with van der Waals surface area (Å²) in [5.41, 5.74) is 0.728. The SMILES string of the molecule is CC1=NOC(C)(CNC(=O)[C@H]2C[C@H](O)CN2C(=O)[C@H](n2cc(C3CC3)nn2)C(C)(C)C)C1. The van der Waals surface area contributed by atoms with E-state index in [0.717, 1.165) is 24.2 Å². The van der Waals surface area contributed by atoms with Crippen LogP contribution in [-0.4, -0.2) is 73.4 Å². The molecule has 0 bridgehead atoms. The van der Waals surface area contributed by atoms with Crippen molar-refractivity contribution in [1.82, 2.24) is 25.2 Å². The van der Waals surface area contributed by atoms with Crippen LogP contribution in [0.1, 0.15) is 78.0 Å². The number of carbonyl (C=O) groups excluding carboxylic acids is 2. The second-order valence-electron chi connectivity index (χ2n) is 10.8. The van der Waals surface area contributed by atoms with Gasteiger partial charge < -0.3 is 20.2 Å². The number of oxime groups is 1. The molecule has 1 aromatic rings. The van der Waals surface area contributed by atoms with Gasteiger partial charge in [-0.05, 0) is 32.1 Å². The normalized spacial score (nSPS) is 28.9. The summed E-state index contributed by atoms with van der Waals surface area (Å²) in [4.78, 5) is 33.7. The molecule has 2 amide bonds. The molecule has 10 nitrogen and oxygen atoms in total. The third-order valence-electron chi connectivity index (χ3n) is 6.40. The molecular weight excluding hydrogens is 412 g/mol. The van der Waals surface area contributed by atoms with Crippen LogP contribution in [0.15, 0.2) is 11.4 Å². The van der Waals surface area contributed by atoms with Crippen LogP contribution in [0.3, 0.4) is 0 Å². The summed E-state index contributed by atoms with van der Waals surface area (Å²) in [5, 5.41) is 25.7. The topological polar surface area (TPSA) is 122 Å². The molecule has 2 aliphatic heterocycles. The molecule has 0 radical (unpaired) electrons. The summed E-state index contributed by atoms with van der Waals surface area (Å²) >= 11 is 0. The zero-order valence-corrected chi connectivity index (χ0v) is 19.5. The number of aliphatic hydroxyl groups is 1. The lowest BCUT2D eigenvalue weighted by molar-refractivity contribution is -0.144. The number of hydrogen-bond donors (Lipinski definition) is 2. The quantitative estimate of drug-likeness (QED) is 0.681. The molecule has 1 aromatic heterocycles. The second-order valence-corrected chi connectivity index (χ2v) is 10.8. The highest BCUT2D eigenvalue weighted by atomic mass is 16.7. The van der Waals surface area contributed by atoms with Gasteiger partial charge in [0, 0.05) is 31.5 Å². The molecule has 3 heterocycles. The van der Waals surface area contributed by atoms with Crippen LogP contribution >= 0.6 is 0 Å². The van der Waals surface area contributed by atoms with Crippen molar-refractivity contribution in [3.63, 3.8) is 0 Å². The molecule has 0 aromatic carbocycles. The van der Waals surface area contributed by atoms with Gasteiger partial charge in [0.25, 0.3) is 0 Å². The number of aliphatic hydroxyl groups excluding tert-OH is 1. The summed E-state index contributed by atoms with van der Waals surface area (Å²) < 4.78 is 1.63. The molecular formula is C22H34N6O4. The van der Waals surface area contributed by atoms with Gasteiger partial charge in [-0.15, -0.1) is 5.10 Å². The van der Waals surface area contributed by atoms with E-state index in [1.165, 1.54) is 4.90 Å². The summed E-state index contributed by atoms with van der Waals surface area (Å²) in [6.07, 6.45) is 4.13. The van der Waals surface area contributed by atoms with E-state index in [2.05, 4.69) is 20.8 Å². The van der Waals surface area contributed by atoms with Crippen LogP contribution < -0.4 is 5.32 Å². The Morgan fingerprint density at radius 2 is 2.09 bits per heavy atom. The van der Waals surface area contributed by atoms with Crippen LogP contribution in [0, 0.1) is 5.41 Å². The van der Waals surface area contributed by atoms with Gasteiger partial charge in [-0.3, -0.25) is 9.59 Å². The van der Waals surface area contributed by atoms with E-state index in [-0.39, 0.29) is 31.3 Å². The van der Waals surface area contributed by atoms with Crippen LogP contribution in [-0.2, 0) is 14.4 Å². The smallest absolute Gasteiger partial charge is 0.248 e. The Kier molecular flexibility index (Phi) is 5.77. The van der Waals surface area contributed by atoms with E-state index in [1.54, 1.807) is 4.68 Å². The number of nitrogens with one attached hydrogen (secondary N) is 1. The molecule has 2 N–H and O–H groups in total. The van der Waals surface area contributed by atoms with Crippen molar-refractivity contribution in [3.8, 4) is 0 Å². The van der Waals surface area contributed by atoms with E-state index in [1.807, 2.05) is 40.8 Å². The fraction of sp³-hybridized carbons (Fsp3) is 0.773. The van der Waals surface area contributed by atoms with Gasteiger partial charge >= 0.3 is 0 Å². The molecule has 0 spiro atoms. The fourth-order valence-corrected chi connectivity index (χ4v) is 4.61. The first kappa shape index (κ1) is 22.7. The molecule has 3 aliphatic rings. The predicted octanol–water partition coefficient (Wildman–Crippen LogP) is 1.38. The summed E-state index contributed by atoms with van der Waals surface area (Å²) in [7, 11) is 0. The number of β-amino-alcohol motifs (C(OH)–C–C–N with tert-alkyl or cyclic N) is 1. The minimum Gasteiger partial charge on any atom is -0.391 e. The van der Waals surface area contributed by atoms with Crippen LogP contribution in [0.5, 0.6) is 0 Å². The van der Waals surface area contributed by atoms with Crippen LogP contribution in [0.4, 0.5) is 0 Å². The van der Waals surface area contributed by atoms with E-state index in [4.69, 9.17) is 4.84 Å². The maximum absolute atomic E-state index is 13.7. The van der Waals surface area contributed by atoms with E-state index in [9.17, 15) is 14.7 Å². The Labute approximate surface area is 188 Å². The first-order chi connectivity index (χ1) is 15.0. The van der Waals surface area contributed by atoms with Crippen molar-refractivity contribution in [3.05, 3.63) is 11.9 Å². The largest absolute Gasteiger partial charge is 0.391 e. The zero-order chi connectivity index (χ0) is 23.3. The lowest BCUT2D eigenvalue weighted by Gasteiger charge is -2.34. The molecule has 10 heteroatoms. The van der Waals surface area contributed by atoms with E-state index < -0.39 is 29.2 Å². The Bertz CT molecular complexity index is 918. The van der Waals surface area contributed by atoms with Gasteiger partial charge in [0.05, 0.1) is 24.1 Å². The van der Waals surface area contributed by atoms with Crippen molar-refractivity contribution in [1.29, 1.82) is 0 Å². The first-order valence-corrected chi connectivity index (χ1v) is 11.4. The highest BCUT2D eigenvalue weighted by molar-refractivity contribution is 5.90. The summed E-state index contributed by atoms with van der Waals surface area (Å²) in [5.74, 6) is -0.100. The molecule has 1 aliphatic carbocycles. The van der Waals surface area contributed by atoms with Crippen LogP contribution in [0.2, 0.25) is 0 Å². The Morgan fingerprint density at radius 1 is 1.38 bits per heavy atom. The molecule has 1 saturated carbocycles. The Morgan fingerprint density at radius 3 is 2.69 bits per heavy atom. The van der Waals surface area contributed by atoms with Crippen molar-refractivity contribution < 1.29 is 19.5 Å². The van der Waals surface area contributed by atoms with Gasteiger partial charge in [0.2, 0.25) is 11.8 Å². The minimum absolute atomic E-state index is 0.115. The predicted molar refractivity (Wildman–Crippen MR) is 117 cm³/mol. The summed E-state index contributed by atoms with van der Waals surface area (Å²) in [6, 6.07) is -1.38. The molecule has 4 atom stereocenters. The molecule has 1 unspecified atom stereocenters. The van der Waals surface area contributed by atoms with Gasteiger partial charge in [0.1, 0.15) is 12.1 Å². The minimum atomic E-state index is -0.753. The van der Waals surface area contributed by atoms with Crippen molar-refractivity contribution in [2.45, 2.75) is 90.0 Å². The molecule has 4 rings (SSSR count). The Hall–Kier alpha value is -2.49. The number of likely N-dealkylation sites (tertiary alicyclic amines) is 1. The molecule has 32 heavy (non-hydrogen) atoms. The van der Waals surface area contributed by atoms with Crippen molar-refractivity contribution in [2.24, 2.45) is 10.6 Å². The number of hydrogen-bond acceptors (Lipinski definition) is 7. The molecule has 2 fully saturated rings. The van der Waals surface area contributed by atoms with Crippen molar-refractivity contribution in [2.75, 3.05) is 13.1 Å². The van der Waals surface area contributed by atoms with E-state index >= 15 is 0 Å². The number of aromatic nitrogens is 3. The number of rotatable bonds is 6. The van der Waals surface area contributed by atoms with Gasteiger partial charge in [0.15, 0.2) is 5.60 Å². The summed E-state index contributed by atoms with van der Waals surface area (Å²) in [6.45, 7) is 10.1. The number of nitrogens with zero attached hydrogens (tertiary/aromatic N) is 5. The van der Waals surface area contributed by atoms with Crippen molar-refractivity contribution >= 4 is 17.5 Å². The van der Waals surface area contributed by atoms with E-state index in [0.29, 0.717) is 12.3 Å². The fourth-order valence-electron chi connectivity index (χ4n) is 4.61. The molecule has 1 saturated heterocycles. The number of carbonyl (C=O) groups is 2. The maximum Gasteiger partial charge on any atom is 0.248 e. The average Bonchev–Trinajstić information content (AvgIpc) is 3.14. The third-order valence-corrected chi connectivity index (χ3v) is 6.40. The van der Waals surface area contributed by atoms with Gasteiger partial charge in [-0.25, -0.2) is 4.68 Å². The van der Waals surface area contributed by atoms with Gasteiger partial charge in [-0.2, -0.15) is 0 Å². The third kappa shape index (κ3) is 4.65.